The van der Waals surface area contributed by atoms with Crippen molar-refractivity contribution in [1.82, 2.24) is 19.9 Å². The molecule has 7 nitrogen and oxygen atoms in total. The van der Waals surface area contributed by atoms with Crippen molar-refractivity contribution in [1.29, 1.82) is 0 Å². The lowest BCUT2D eigenvalue weighted by Crippen LogP contribution is -2.39. The van der Waals surface area contributed by atoms with E-state index in [9.17, 15) is 8.42 Å². The van der Waals surface area contributed by atoms with Crippen LogP contribution in [-0.2, 0) is 16.6 Å². The highest BCUT2D eigenvalue weighted by Gasteiger charge is 2.16. The van der Waals surface area contributed by atoms with E-state index in [1.807, 2.05) is 31.2 Å². The second-order valence-electron chi connectivity index (χ2n) is 5.41. The van der Waals surface area contributed by atoms with E-state index >= 15 is 0 Å². The van der Waals surface area contributed by atoms with Crippen molar-refractivity contribution in [3.05, 3.63) is 32.6 Å². The van der Waals surface area contributed by atoms with E-state index in [4.69, 9.17) is 11.6 Å². The van der Waals surface area contributed by atoms with Crippen molar-refractivity contribution in [2.24, 2.45) is 4.99 Å². The van der Waals surface area contributed by atoms with E-state index in [1.54, 1.807) is 17.4 Å². The van der Waals surface area contributed by atoms with Crippen LogP contribution in [0.3, 0.4) is 0 Å². The molecule has 2 aromatic heterocycles. The largest absolute Gasteiger partial charge is 0.357 e. The molecule has 2 N–H and O–H groups in total. The van der Waals surface area contributed by atoms with Gasteiger partial charge in [-0.25, -0.2) is 18.1 Å². The number of nitrogens with one attached hydrogen (secondary N) is 2. The molecule has 0 aromatic carbocycles. The van der Waals surface area contributed by atoms with E-state index < -0.39 is 10.0 Å². The molecule has 0 saturated heterocycles. The first-order valence-electron chi connectivity index (χ1n) is 7.97. The molecule has 0 fully saturated rings. The minimum atomic E-state index is -3.54. The smallest absolute Gasteiger partial charge is 0.250 e. The summed E-state index contributed by atoms with van der Waals surface area (Å²) < 4.78 is 27.5. The van der Waals surface area contributed by atoms with Crippen LogP contribution in [0.15, 0.2) is 26.7 Å². The Kier molecular flexibility index (Phi) is 7.84. The summed E-state index contributed by atoms with van der Waals surface area (Å²) in [4.78, 5) is 10.9. The molecule has 0 atom stereocenters. The van der Waals surface area contributed by atoms with Gasteiger partial charge in [0.05, 0.1) is 28.1 Å². The number of aliphatic imine (C=N–C) groups is 1. The normalized spacial score (nSPS) is 12.4. The Morgan fingerprint density at radius 2 is 2.19 bits per heavy atom. The van der Waals surface area contributed by atoms with Gasteiger partial charge < -0.3 is 10.2 Å². The van der Waals surface area contributed by atoms with E-state index in [1.165, 1.54) is 6.07 Å². The predicted octanol–water partition coefficient (Wildman–Crippen LogP) is 2.54. The number of hydrogen-bond donors (Lipinski definition) is 2. The zero-order valence-corrected chi connectivity index (χ0v) is 18.0. The number of hydrogen-bond acceptors (Lipinski definition) is 6. The highest BCUT2D eigenvalue weighted by Crippen LogP contribution is 2.25. The monoisotopic (exact) mass is 435 g/mol. The van der Waals surface area contributed by atoms with Gasteiger partial charge in [0.25, 0.3) is 0 Å². The molecule has 0 bridgehead atoms. The van der Waals surface area contributed by atoms with Gasteiger partial charge in [-0.2, -0.15) is 0 Å². The zero-order valence-electron chi connectivity index (χ0n) is 14.8. The number of guanidine groups is 1. The summed E-state index contributed by atoms with van der Waals surface area (Å²) in [6.07, 6.45) is 0. The Morgan fingerprint density at radius 3 is 2.77 bits per heavy atom. The first-order chi connectivity index (χ1) is 12.3. The molecule has 2 rings (SSSR count). The van der Waals surface area contributed by atoms with Crippen LogP contribution in [0.4, 0.5) is 0 Å². The Hall–Kier alpha value is -1.20. The summed E-state index contributed by atoms with van der Waals surface area (Å²) in [7, 11) is -1.62. The number of aromatic nitrogens is 1. The van der Waals surface area contributed by atoms with E-state index in [0.29, 0.717) is 23.4 Å². The summed E-state index contributed by atoms with van der Waals surface area (Å²) in [6, 6.07) is 3.06. The quantitative estimate of drug-likeness (QED) is 0.378. The first-order valence-corrected chi connectivity index (χ1v) is 11.5. The Morgan fingerprint density at radius 1 is 1.42 bits per heavy atom. The van der Waals surface area contributed by atoms with Crippen molar-refractivity contribution in [3.63, 3.8) is 0 Å². The fourth-order valence-corrected chi connectivity index (χ4v) is 5.28. The number of sulfonamides is 1. The van der Waals surface area contributed by atoms with E-state index in [-0.39, 0.29) is 10.8 Å². The summed E-state index contributed by atoms with van der Waals surface area (Å²) >= 11 is 8.43. The number of thiazole rings is 1. The lowest BCUT2D eigenvalue weighted by atomic mass is 10.4. The van der Waals surface area contributed by atoms with Gasteiger partial charge >= 0.3 is 0 Å². The van der Waals surface area contributed by atoms with Crippen LogP contribution >= 0.6 is 34.3 Å². The topological polar surface area (TPSA) is 86.7 Å². The van der Waals surface area contributed by atoms with Crippen LogP contribution in [0.5, 0.6) is 0 Å². The Balaban J connectivity index is 1.91. The molecule has 0 spiro atoms. The minimum absolute atomic E-state index is 0.203. The summed E-state index contributed by atoms with van der Waals surface area (Å²) in [5, 5.41) is 6.25. The number of aryl methyl sites for hydroxylation is 1. The van der Waals surface area contributed by atoms with Crippen molar-refractivity contribution >= 4 is 50.3 Å². The maximum atomic E-state index is 12.2. The SMILES string of the molecule is CCNC(=NCCNS(=O)(=O)c1ccc(Cl)s1)N(C)Cc1csc(C)n1. The molecule has 26 heavy (non-hydrogen) atoms. The molecular weight excluding hydrogens is 414 g/mol. The van der Waals surface area contributed by atoms with Gasteiger partial charge in [-0.05, 0) is 26.0 Å². The third-order valence-electron chi connectivity index (χ3n) is 3.24. The highest BCUT2D eigenvalue weighted by molar-refractivity contribution is 7.91. The standard InChI is InChI=1S/C15H22ClN5O2S3/c1-4-17-15(21(3)9-12-10-24-11(2)20-12)18-7-8-19-26(22,23)14-6-5-13(16)25-14/h5-6,10,19H,4,7-9H2,1-3H3,(H,17,18). The van der Waals surface area contributed by atoms with E-state index in [2.05, 4.69) is 20.0 Å². The van der Waals surface area contributed by atoms with Gasteiger partial charge in [0, 0.05) is 25.5 Å². The lowest BCUT2D eigenvalue weighted by molar-refractivity contribution is 0.471. The third kappa shape index (κ3) is 6.20. The fourth-order valence-electron chi connectivity index (χ4n) is 2.12. The average Bonchev–Trinajstić information content (AvgIpc) is 3.19. The average molecular weight is 436 g/mol. The number of nitrogens with zero attached hydrogens (tertiary/aromatic N) is 3. The maximum absolute atomic E-state index is 12.2. The van der Waals surface area contributed by atoms with Crippen LogP contribution in [0, 0.1) is 6.92 Å². The summed E-state index contributed by atoms with van der Waals surface area (Å²) in [5.74, 6) is 0.705. The second kappa shape index (κ2) is 9.65. The van der Waals surface area contributed by atoms with Gasteiger partial charge in [0.1, 0.15) is 4.21 Å². The number of rotatable bonds is 8. The van der Waals surface area contributed by atoms with E-state index in [0.717, 1.165) is 28.6 Å². The molecule has 0 aliphatic carbocycles. The van der Waals surface area contributed by atoms with Crippen molar-refractivity contribution in [2.45, 2.75) is 24.6 Å². The lowest BCUT2D eigenvalue weighted by Gasteiger charge is -2.21. The summed E-state index contributed by atoms with van der Waals surface area (Å²) in [5.41, 5.74) is 0.982. The van der Waals surface area contributed by atoms with Gasteiger partial charge in [-0.3, -0.25) is 4.99 Å². The molecule has 0 amide bonds. The first kappa shape index (κ1) is 21.1. The highest BCUT2D eigenvalue weighted by atomic mass is 35.5. The minimum Gasteiger partial charge on any atom is -0.357 e. The molecule has 0 aliphatic heterocycles. The van der Waals surface area contributed by atoms with Crippen LogP contribution in [-0.4, -0.2) is 50.9 Å². The van der Waals surface area contributed by atoms with Crippen LogP contribution in [0.25, 0.3) is 0 Å². The molecule has 144 valence electrons. The molecule has 2 heterocycles. The molecule has 0 unspecified atom stereocenters. The molecule has 0 radical (unpaired) electrons. The van der Waals surface area contributed by atoms with Crippen LogP contribution in [0.2, 0.25) is 4.34 Å². The van der Waals surface area contributed by atoms with Crippen LogP contribution in [0.1, 0.15) is 17.6 Å². The summed E-state index contributed by atoms with van der Waals surface area (Å²) in [6.45, 7) is 5.84. The number of thiophene rings is 1. The molecule has 0 aliphatic rings. The van der Waals surface area contributed by atoms with Gasteiger partial charge in [-0.15, -0.1) is 22.7 Å². The third-order valence-corrected chi connectivity index (χ3v) is 7.25. The fraction of sp³-hybridized carbons (Fsp3) is 0.467. The van der Waals surface area contributed by atoms with Gasteiger partial charge in [-0.1, -0.05) is 11.6 Å². The maximum Gasteiger partial charge on any atom is 0.250 e. The molecule has 0 saturated carbocycles. The van der Waals surface area contributed by atoms with Crippen molar-refractivity contribution < 1.29 is 8.42 Å². The predicted molar refractivity (Wildman–Crippen MR) is 109 cm³/mol. The molecule has 2 aromatic rings. The second-order valence-corrected chi connectivity index (χ2v) is 10.2. The van der Waals surface area contributed by atoms with Crippen molar-refractivity contribution in [2.75, 3.05) is 26.7 Å². The van der Waals surface area contributed by atoms with Gasteiger partial charge in [0.15, 0.2) is 5.96 Å². The Bertz CT molecular complexity index is 847. The molecular formula is C15H22ClN5O2S3. The zero-order chi connectivity index (χ0) is 19.2. The van der Waals surface area contributed by atoms with Crippen molar-refractivity contribution in [3.8, 4) is 0 Å². The van der Waals surface area contributed by atoms with Gasteiger partial charge in [0.2, 0.25) is 10.0 Å². The van der Waals surface area contributed by atoms with Crippen LogP contribution < -0.4 is 10.0 Å². The Labute approximate surface area is 167 Å². The number of halogens is 1. The molecule has 11 heteroatoms.